The minimum absolute atomic E-state index is 0.0621. The highest BCUT2D eigenvalue weighted by Gasteiger charge is 2.65. The van der Waals surface area contributed by atoms with Gasteiger partial charge in [-0.3, -0.25) is 0 Å². The lowest BCUT2D eigenvalue weighted by Gasteiger charge is -2.61. The van der Waals surface area contributed by atoms with Crippen LogP contribution in [0.25, 0.3) is 0 Å². The first-order valence-corrected chi connectivity index (χ1v) is 12.2. The summed E-state index contributed by atoms with van der Waals surface area (Å²) in [5.41, 5.74) is 1.62. The zero-order valence-electron chi connectivity index (χ0n) is 18.8. The summed E-state index contributed by atoms with van der Waals surface area (Å²) in [4.78, 5) is 0. The van der Waals surface area contributed by atoms with E-state index in [1.54, 1.807) is 0 Å². The molecule has 0 aromatic heterocycles. The number of fused-ring (bicyclic) bond motifs is 5. The number of rotatable bonds is 1. The number of allylic oxidation sites excluding steroid dienone is 1. The SMILES string of the molecule is CC1(C2CCC3C4CC=C5CC6(CC[C@]5(C)C4C(O)C[C@@]32C)OCCO6)OCCO1. The topological polar surface area (TPSA) is 57.2 Å². The van der Waals surface area contributed by atoms with Crippen molar-refractivity contribution in [2.24, 2.45) is 34.5 Å². The monoisotopic (exact) mass is 418 g/mol. The van der Waals surface area contributed by atoms with Crippen molar-refractivity contribution in [2.45, 2.75) is 83.4 Å². The van der Waals surface area contributed by atoms with E-state index >= 15 is 0 Å². The van der Waals surface area contributed by atoms with Gasteiger partial charge in [0.25, 0.3) is 0 Å². The Bertz CT molecular complexity index is 736. The van der Waals surface area contributed by atoms with Crippen molar-refractivity contribution >= 4 is 0 Å². The smallest absolute Gasteiger partial charge is 0.172 e. The summed E-state index contributed by atoms with van der Waals surface area (Å²) >= 11 is 0. The molecule has 5 fully saturated rings. The highest BCUT2D eigenvalue weighted by atomic mass is 16.7. The number of ether oxygens (including phenoxy) is 4. The molecule has 1 N–H and O–H groups in total. The highest BCUT2D eigenvalue weighted by Crippen LogP contribution is 2.68. The molecule has 0 radical (unpaired) electrons. The Labute approximate surface area is 180 Å². The summed E-state index contributed by atoms with van der Waals surface area (Å²) in [5, 5.41) is 11.7. The third-order valence-electron chi connectivity index (χ3n) is 10.3. The van der Waals surface area contributed by atoms with Gasteiger partial charge < -0.3 is 24.1 Å². The van der Waals surface area contributed by atoms with Crippen molar-refractivity contribution in [3.63, 3.8) is 0 Å². The largest absolute Gasteiger partial charge is 0.393 e. The number of aliphatic hydroxyl groups excluding tert-OH is 1. The average molecular weight is 419 g/mol. The maximum Gasteiger partial charge on any atom is 0.172 e. The molecular weight excluding hydrogens is 380 g/mol. The molecule has 6 aliphatic rings. The van der Waals surface area contributed by atoms with E-state index in [4.69, 9.17) is 18.9 Å². The van der Waals surface area contributed by atoms with Crippen molar-refractivity contribution in [3.8, 4) is 0 Å². The van der Waals surface area contributed by atoms with Crippen molar-refractivity contribution in [1.29, 1.82) is 0 Å². The van der Waals surface area contributed by atoms with E-state index in [0.29, 0.717) is 50.1 Å². The van der Waals surface area contributed by atoms with E-state index in [9.17, 15) is 5.11 Å². The quantitative estimate of drug-likeness (QED) is 0.651. The minimum Gasteiger partial charge on any atom is -0.393 e. The van der Waals surface area contributed by atoms with Crippen LogP contribution in [-0.4, -0.2) is 49.2 Å². The van der Waals surface area contributed by atoms with Gasteiger partial charge in [-0.25, -0.2) is 0 Å². The Kier molecular flexibility index (Phi) is 4.40. The third kappa shape index (κ3) is 2.59. The molecule has 5 heteroatoms. The van der Waals surface area contributed by atoms with E-state index in [1.165, 1.54) is 12.0 Å². The molecule has 2 saturated heterocycles. The summed E-state index contributed by atoms with van der Waals surface area (Å²) in [5.74, 6) is 1.00. The standard InChI is InChI=1S/C25H38O5/c1-22-8-9-25(29-12-13-30-25)14-16(22)4-5-17-18-6-7-20(24(3)27-10-11-28-24)23(18,2)15-19(26)21(17)22/h4,17-21,26H,5-15H2,1-3H3/t17?,18?,19?,20?,21?,22-,23-/m0/s1. The van der Waals surface area contributed by atoms with Crippen LogP contribution in [0.1, 0.15) is 65.7 Å². The van der Waals surface area contributed by atoms with Gasteiger partial charge in [0.1, 0.15) is 0 Å². The summed E-state index contributed by atoms with van der Waals surface area (Å²) in [6.45, 7) is 9.78. The molecule has 0 amide bonds. The third-order valence-corrected chi connectivity index (χ3v) is 10.3. The van der Waals surface area contributed by atoms with Gasteiger partial charge in [0.05, 0.1) is 32.5 Å². The van der Waals surface area contributed by atoms with Crippen LogP contribution in [0.4, 0.5) is 0 Å². The van der Waals surface area contributed by atoms with Crippen molar-refractivity contribution in [2.75, 3.05) is 26.4 Å². The maximum atomic E-state index is 11.7. The van der Waals surface area contributed by atoms with Crippen LogP contribution in [0.5, 0.6) is 0 Å². The summed E-state index contributed by atoms with van der Waals surface area (Å²) in [6, 6.07) is 0. The minimum atomic E-state index is -0.482. The second-order valence-electron chi connectivity index (χ2n) is 11.6. The number of hydrogen-bond acceptors (Lipinski definition) is 5. The summed E-state index contributed by atoms with van der Waals surface area (Å²) in [6.07, 6.45) is 9.43. The van der Waals surface area contributed by atoms with Crippen LogP contribution in [-0.2, 0) is 18.9 Å². The molecule has 168 valence electrons. The van der Waals surface area contributed by atoms with Gasteiger partial charge in [-0.15, -0.1) is 0 Å². The Morgan fingerprint density at radius 3 is 2.37 bits per heavy atom. The lowest BCUT2D eigenvalue weighted by Crippen LogP contribution is -2.59. The normalized spacial score (nSPS) is 51.3. The molecule has 0 aromatic carbocycles. The van der Waals surface area contributed by atoms with Gasteiger partial charge in [-0.1, -0.05) is 25.5 Å². The predicted octanol–water partition coefficient (Wildman–Crippen LogP) is 4.04. The zero-order valence-corrected chi connectivity index (χ0v) is 18.8. The molecule has 0 bridgehead atoms. The molecule has 5 unspecified atom stereocenters. The van der Waals surface area contributed by atoms with Crippen molar-refractivity contribution in [1.82, 2.24) is 0 Å². The Morgan fingerprint density at radius 1 is 0.933 bits per heavy atom. The van der Waals surface area contributed by atoms with Gasteiger partial charge in [-0.05, 0) is 67.6 Å². The zero-order chi connectivity index (χ0) is 20.8. The summed E-state index contributed by atoms with van der Waals surface area (Å²) in [7, 11) is 0. The fourth-order valence-corrected chi connectivity index (χ4v) is 9.07. The second kappa shape index (κ2) is 6.54. The lowest BCUT2D eigenvalue weighted by molar-refractivity contribution is -0.227. The molecular formula is C25H38O5. The Balaban J connectivity index is 1.32. The highest BCUT2D eigenvalue weighted by molar-refractivity contribution is 5.28. The molecule has 2 aliphatic heterocycles. The first kappa shape index (κ1) is 20.2. The molecule has 5 nitrogen and oxygen atoms in total. The fraction of sp³-hybridized carbons (Fsp3) is 0.920. The molecule has 3 saturated carbocycles. The Hall–Kier alpha value is -0.460. The van der Waals surface area contributed by atoms with Gasteiger partial charge in [-0.2, -0.15) is 0 Å². The van der Waals surface area contributed by atoms with Crippen LogP contribution in [0.2, 0.25) is 0 Å². The van der Waals surface area contributed by atoms with Crippen LogP contribution in [0.15, 0.2) is 11.6 Å². The van der Waals surface area contributed by atoms with E-state index in [-0.39, 0.29) is 16.9 Å². The van der Waals surface area contributed by atoms with Gasteiger partial charge >= 0.3 is 0 Å². The van der Waals surface area contributed by atoms with E-state index in [1.807, 2.05) is 0 Å². The second-order valence-corrected chi connectivity index (χ2v) is 11.6. The first-order chi connectivity index (χ1) is 14.3. The maximum absolute atomic E-state index is 11.7. The predicted molar refractivity (Wildman–Crippen MR) is 112 cm³/mol. The molecule has 7 atom stereocenters. The number of aliphatic hydroxyl groups is 1. The first-order valence-electron chi connectivity index (χ1n) is 12.2. The van der Waals surface area contributed by atoms with Crippen LogP contribution in [0.3, 0.4) is 0 Å². The van der Waals surface area contributed by atoms with Crippen molar-refractivity contribution in [3.05, 3.63) is 11.6 Å². The van der Waals surface area contributed by atoms with Crippen LogP contribution < -0.4 is 0 Å². The van der Waals surface area contributed by atoms with E-state index in [2.05, 4.69) is 26.8 Å². The molecule has 1 spiro atoms. The average Bonchev–Trinajstić information content (AvgIpc) is 3.41. The summed E-state index contributed by atoms with van der Waals surface area (Å²) < 4.78 is 24.4. The molecule has 2 heterocycles. The van der Waals surface area contributed by atoms with E-state index in [0.717, 1.165) is 38.5 Å². The number of hydrogen-bond donors (Lipinski definition) is 1. The van der Waals surface area contributed by atoms with Crippen LogP contribution >= 0.6 is 0 Å². The molecule has 4 aliphatic carbocycles. The van der Waals surface area contributed by atoms with Crippen LogP contribution in [0, 0.1) is 34.5 Å². The fourth-order valence-electron chi connectivity index (χ4n) is 9.07. The van der Waals surface area contributed by atoms with Crippen molar-refractivity contribution < 1.29 is 24.1 Å². The molecule has 0 aromatic rings. The van der Waals surface area contributed by atoms with Gasteiger partial charge in [0.2, 0.25) is 0 Å². The van der Waals surface area contributed by atoms with Gasteiger partial charge in [0, 0.05) is 18.8 Å². The molecule has 6 rings (SSSR count). The van der Waals surface area contributed by atoms with Gasteiger partial charge in [0.15, 0.2) is 11.6 Å². The Morgan fingerprint density at radius 2 is 1.63 bits per heavy atom. The van der Waals surface area contributed by atoms with E-state index < -0.39 is 11.6 Å². The molecule has 30 heavy (non-hydrogen) atoms. The lowest BCUT2D eigenvalue weighted by atomic mass is 9.46.